The number of rotatable bonds is 9. The van der Waals surface area contributed by atoms with Crippen LogP contribution in [0.25, 0.3) is 0 Å². The average molecular weight is 328 g/mol. The molecule has 0 amide bonds. The van der Waals surface area contributed by atoms with Crippen LogP contribution in [-0.4, -0.2) is 43.2 Å². The predicted molar refractivity (Wildman–Crippen MR) is 82.7 cm³/mol. The Balaban J connectivity index is 1.80. The van der Waals surface area contributed by atoms with Gasteiger partial charge >= 0.3 is 11.9 Å². The highest BCUT2D eigenvalue weighted by Crippen LogP contribution is 2.49. The molecule has 5 atom stereocenters. The summed E-state index contributed by atoms with van der Waals surface area (Å²) >= 11 is 0. The molecule has 2 fully saturated rings. The lowest BCUT2D eigenvalue weighted by molar-refractivity contribution is -0.172. The molecule has 2 bridgehead atoms. The van der Waals surface area contributed by atoms with Crippen molar-refractivity contribution in [2.45, 2.75) is 52.6 Å². The Labute approximate surface area is 137 Å². The standard InChI is InChI=1S/C17H28O6/c1-4-17(3,16(20)22-5-2)9-21-10-23-14-12-7-6-11(8-12)13(14)15(18)19/h11-14H,4-10H2,1-3H3,(H,18,19). The third-order valence-corrected chi connectivity index (χ3v) is 5.44. The van der Waals surface area contributed by atoms with Gasteiger partial charge in [-0.15, -0.1) is 0 Å². The molecular formula is C17H28O6. The number of carbonyl (C=O) groups excluding carboxylic acids is 1. The third-order valence-electron chi connectivity index (χ3n) is 5.44. The van der Waals surface area contributed by atoms with Gasteiger partial charge in [-0.1, -0.05) is 6.92 Å². The molecule has 0 heterocycles. The fourth-order valence-electron chi connectivity index (χ4n) is 3.82. The monoisotopic (exact) mass is 328 g/mol. The van der Waals surface area contributed by atoms with Crippen molar-refractivity contribution in [1.82, 2.24) is 0 Å². The maximum Gasteiger partial charge on any atom is 0.314 e. The Hall–Kier alpha value is -1.14. The van der Waals surface area contributed by atoms with Crippen LogP contribution in [0.2, 0.25) is 0 Å². The van der Waals surface area contributed by atoms with Crippen LogP contribution in [-0.2, 0) is 23.8 Å². The fraction of sp³-hybridized carbons (Fsp3) is 0.882. The summed E-state index contributed by atoms with van der Waals surface area (Å²) in [6.07, 6.45) is 3.31. The number of esters is 1. The molecule has 2 rings (SSSR count). The van der Waals surface area contributed by atoms with Gasteiger partial charge in [-0.3, -0.25) is 9.59 Å². The number of aliphatic carboxylic acids is 1. The van der Waals surface area contributed by atoms with E-state index in [1.54, 1.807) is 6.92 Å². The van der Waals surface area contributed by atoms with Gasteiger partial charge in [-0.25, -0.2) is 0 Å². The Morgan fingerprint density at radius 3 is 2.52 bits per heavy atom. The minimum Gasteiger partial charge on any atom is -0.481 e. The van der Waals surface area contributed by atoms with Gasteiger partial charge in [0.2, 0.25) is 0 Å². The van der Waals surface area contributed by atoms with Gasteiger partial charge in [0.15, 0.2) is 0 Å². The summed E-state index contributed by atoms with van der Waals surface area (Å²) in [5, 5.41) is 9.38. The summed E-state index contributed by atoms with van der Waals surface area (Å²) in [7, 11) is 0. The summed E-state index contributed by atoms with van der Waals surface area (Å²) in [5.74, 6) is -0.895. The molecule has 132 valence electrons. The maximum atomic E-state index is 12.0. The van der Waals surface area contributed by atoms with Crippen LogP contribution in [0.1, 0.15) is 46.5 Å². The molecule has 0 aromatic rings. The number of carboxylic acids is 1. The maximum absolute atomic E-state index is 12.0. The van der Waals surface area contributed by atoms with Crippen LogP contribution in [0.3, 0.4) is 0 Å². The zero-order valence-corrected chi connectivity index (χ0v) is 14.2. The number of hydrogen-bond acceptors (Lipinski definition) is 5. The lowest BCUT2D eigenvalue weighted by atomic mass is 9.86. The first kappa shape index (κ1) is 18.2. The van der Waals surface area contributed by atoms with E-state index in [-0.39, 0.29) is 31.4 Å². The quantitative estimate of drug-likeness (QED) is 0.398. The molecule has 0 radical (unpaired) electrons. The van der Waals surface area contributed by atoms with E-state index in [0.717, 1.165) is 19.3 Å². The molecule has 5 unspecified atom stereocenters. The first-order chi connectivity index (χ1) is 10.9. The number of ether oxygens (including phenoxy) is 3. The van der Waals surface area contributed by atoms with Crippen molar-refractivity contribution in [3.05, 3.63) is 0 Å². The number of fused-ring (bicyclic) bond motifs is 2. The Morgan fingerprint density at radius 2 is 1.91 bits per heavy atom. The Bertz CT molecular complexity index is 437. The normalized spacial score (nSPS) is 31.8. The summed E-state index contributed by atoms with van der Waals surface area (Å²) in [6.45, 7) is 6.07. The van der Waals surface area contributed by atoms with Crippen molar-refractivity contribution in [1.29, 1.82) is 0 Å². The van der Waals surface area contributed by atoms with Crippen molar-refractivity contribution in [3.8, 4) is 0 Å². The molecule has 0 aliphatic heterocycles. The van der Waals surface area contributed by atoms with Gasteiger partial charge in [0.05, 0.1) is 30.7 Å². The second-order valence-electron chi connectivity index (χ2n) is 6.93. The highest BCUT2D eigenvalue weighted by atomic mass is 16.7. The second kappa shape index (κ2) is 7.62. The van der Waals surface area contributed by atoms with Crippen molar-refractivity contribution >= 4 is 11.9 Å². The van der Waals surface area contributed by atoms with E-state index in [9.17, 15) is 14.7 Å². The highest BCUT2D eigenvalue weighted by Gasteiger charge is 2.51. The topological polar surface area (TPSA) is 82.1 Å². The molecule has 23 heavy (non-hydrogen) atoms. The SMILES string of the molecule is CCOC(=O)C(C)(CC)COCOC1C2CCC(C2)C1C(=O)O. The molecule has 2 aliphatic carbocycles. The number of carboxylic acid groups (broad SMARTS) is 1. The largest absolute Gasteiger partial charge is 0.481 e. The molecule has 6 nitrogen and oxygen atoms in total. The number of hydrogen-bond donors (Lipinski definition) is 1. The van der Waals surface area contributed by atoms with Crippen molar-refractivity contribution in [2.24, 2.45) is 23.2 Å². The molecule has 1 N–H and O–H groups in total. The first-order valence-corrected chi connectivity index (χ1v) is 8.52. The molecule has 0 saturated heterocycles. The Morgan fingerprint density at radius 1 is 1.22 bits per heavy atom. The molecule has 2 saturated carbocycles. The zero-order valence-electron chi connectivity index (χ0n) is 14.2. The van der Waals surface area contributed by atoms with Crippen LogP contribution in [0.4, 0.5) is 0 Å². The fourth-order valence-corrected chi connectivity index (χ4v) is 3.82. The van der Waals surface area contributed by atoms with Crippen LogP contribution >= 0.6 is 0 Å². The smallest absolute Gasteiger partial charge is 0.314 e. The van der Waals surface area contributed by atoms with Crippen molar-refractivity contribution in [2.75, 3.05) is 20.0 Å². The van der Waals surface area contributed by atoms with E-state index in [0.29, 0.717) is 18.9 Å². The summed E-state index contributed by atoms with van der Waals surface area (Å²) in [6, 6.07) is 0. The van der Waals surface area contributed by atoms with E-state index in [4.69, 9.17) is 14.2 Å². The zero-order chi connectivity index (χ0) is 17.0. The van der Waals surface area contributed by atoms with Gasteiger partial charge in [0.1, 0.15) is 6.79 Å². The molecular weight excluding hydrogens is 300 g/mol. The second-order valence-corrected chi connectivity index (χ2v) is 6.93. The van der Waals surface area contributed by atoms with E-state index in [2.05, 4.69) is 0 Å². The van der Waals surface area contributed by atoms with Gasteiger partial charge in [-0.05, 0) is 51.4 Å². The number of carbonyl (C=O) groups is 2. The summed E-state index contributed by atoms with van der Waals surface area (Å²) < 4.78 is 16.4. The molecule has 0 aromatic carbocycles. The van der Waals surface area contributed by atoms with E-state index in [1.807, 2.05) is 13.8 Å². The average Bonchev–Trinajstić information content (AvgIpc) is 3.12. The van der Waals surface area contributed by atoms with E-state index < -0.39 is 17.3 Å². The van der Waals surface area contributed by atoms with Crippen LogP contribution < -0.4 is 0 Å². The Kier molecular flexibility index (Phi) is 6.03. The summed E-state index contributed by atoms with van der Waals surface area (Å²) in [4.78, 5) is 23.4. The van der Waals surface area contributed by atoms with Gasteiger partial charge in [0.25, 0.3) is 0 Å². The highest BCUT2D eigenvalue weighted by molar-refractivity contribution is 5.76. The lowest BCUT2D eigenvalue weighted by Crippen LogP contribution is -2.38. The lowest BCUT2D eigenvalue weighted by Gasteiger charge is -2.29. The van der Waals surface area contributed by atoms with E-state index >= 15 is 0 Å². The van der Waals surface area contributed by atoms with Crippen LogP contribution in [0.5, 0.6) is 0 Å². The minimum absolute atomic E-state index is 0.0205. The first-order valence-electron chi connectivity index (χ1n) is 8.52. The van der Waals surface area contributed by atoms with Gasteiger partial charge < -0.3 is 19.3 Å². The molecule has 6 heteroatoms. The predicted octanol–water partition coefficient (Wildman–Crippen LogP) is 2.46. The van der Waals surface area contributed by atoms with Crippen molar-refractivity contribution < 1.29 is 28.9 Å². The minimum atomic E-state index is -0.771. The molecule has 2 aliphatic rings. The van der Waals surface area contributed by atoms with Crippen molar-refractivity contribution in [3.63, 3.8) is 0 Å². The van der Waals surface area contributed by atoms with Crippen LogP contribution in [0.15, 0.2) is 0 Å². The summed E-state index contributed by atoms with van der Waals surface area (Å²) in [5.41, 5.74) is -0.694. The van der Waals surface area contributed by atoms with Gasteiger partial charge in [-0.2, -0.15) is 0 Å². The van der Waals surface area contributed by atoms with Gasteiger partial charge in [0, 0.05) is 0 Å². The molecule has 0 spiro atoms. The van der Waals surface area contributed by atoms with E-state index in [1.165, 1.54) is 0 Å². The third kappa shape index (κ3) is 3.86. The van der Waals surface area contributed by atoms with Crippen LogP contribution in [0, 0.1) is 23.2 Å². The molecule has 0 aromatic heterocycles.